The number of nitrogens with zero attached hydrogens (tertiary/aromatic N) is 1. The maximum atomic E-state index is 11.9. The van der Waals surface area contributed by atoms with Crippen LogP contribution in [0.25, 0.3) is 0 Å². The standard InChI is InChI=1S/C20H34NO4.HI/c1-8-17(20(22)24-7)13-21(4,5)12-16-9-10-18(23-6)19(11-16)25-14-15(2)3;/h9-11,15,17H,8,12-14H2,1-7H3;1H/q+1;/p-1. The second-order valence-electron chi connectivity index (χ2n) is 7.59. The van der Waals surface area contributed by atoms with E-state index in [1.165, 1.54) is 7.11 Å². The molecule has 0 amide bonds. The van der Waals surface area contributed by atoms with Crippen LogP contribution in [0.5, 0.6) is 11.5 Å². The van der Waals surface area contributed by atoms with E-state index in [4.69, 9.17) is 14.2 Å². The predicted octanol–water partition coefficient (Wildman–Crippen LogP) is 0.510. The van der Waals surface area contributed by atoms with Crippen LogP contribution in [-0.4, -0.2) is 51.9 Å². The van der Waals surface area contributed by atoms with Crippen LogP contribution in [-0.2, 0) is 16.1 Å². The number of carbonyl (C=O) groups is 1. The maximum Gasteiger partial charge on any atom is 0.314 e. The van der Waals surface area contributed by atoms with Gasteiger partial charge >= 0.3 is 5.97 Å². The van der Waals surface area contributed by atoms with Gasteiger partial charge in [0.1, 0.15) is 12.5 Å². The molecule has 0 heterocycles. The van der Waals surface area contributed by atoms with Gasteiger partial charge in [-0.05, 0) is 30.5 Å². The van der Waals surface area contributed by atoms with Crippen LogP contribution < -0.4 is 33.5 Å². The molecule has 1 unspecified atom stereocenters. The molecule has 0 aliphatic rings. The molecule has 1 atom stereocenters. The molecule has 150 valence electrons. The molecule has 6 heteroatoms. The molecule has 0 saturated carbocycles. The fourth-order valence-corrected chi connectivity index (χ4v) is 2.88. The molecule has 0 fully saturated rings. The van der Waals surface area contributed by atoms with E-state index < -0.39 is 0 Å². The van der Waals surface area contributed by atoms with Crippen LogP contribution in [0.2, 0.25) is 0 Å². The van der Waals surface area contributed by atoms with Crippen LogP contribution in [0.3, 0.4) is 0 Å². The van der Waals surface area contributed by atoms with Crippen molar-refractivity contribution in [2.45, 2.75) is 33.7 Å². The van der Waals surface area contributed by atoms with E-state index in [1.54, 1.807) is 7.11 Å². The van der Waals surface area contributed by atoms with Gasteiger partial charge in [0.2, 0.25) is 0 Å². The minimum Gasteiger partial charge on any atom is -1.00 e. The van der Waals surface area contributed by atoms with E-state index in [0.29, 0.717) is 17.0 Å². The summed E-state index contributed by atoms with van der Waals surface area (Å²) in [5.41, 5.74) is 1.16. The van der Waals surface area contributed by atoms with Crippen LogP contribution in [0.15, 0.2) is 18.2 Å². The summed E-state index contributed by atoms with van der Waals surface area (Å²) in [6, 6.07) is 6.04. The zero-order chi connectivity index (χ0) is 19.0. The molecule has 0 spiro atoms. The first-order valence-corrected chi connectivity index (χ1v) is 8.92. The normalized spacial score (nSPS) is 12.3. The fraction of sp³-hybridized carbons (Fsp3) is 0.650. The Morgan fingerprint density at radius 3 is 2.31 bits per heavy atom. The lowest BCUT2D eigenvalue weighted by Crippen LogP contribution is -3.00. The number of esters is 1. The number of benzene rings is 1. The van der Waals surface area contributed by atoms with E-state index >= 15 is 0 Å². The molecular weight excluding hydrogens is 445 g/mol. The second-order valence-corrected chi connectivity index (χ2v) is 7.59. The Morgan fingerprint density at radius 1 is 1.15 bits per heavy atom. The van der Waals surface area contributed by atoms with E-state index in [9.17, 15) is 4.79 Å². The topological polar surface area (TPSA) is 44.8 Å². The highest BCUT2D eigenvalue weighted by molar-refractivity contribution is 5.72. The van der Waals surface area contributed by atoms with Crippen LogP contribution in [0, 0.1) is 11.8 Å². The van der Waals surface area contributed by atoms with Crippen molar-refractivity contribution in [3.8, 4) is 11.5 Å². The molecule has 1 aromatic rings. The first kappa shape index (κ1) is 25.0. The molecule has 0 radical (unpaired) electrons. The van der Waals surface area contributed by atoms with Gasteiger partial charge in [-0.1, -0.05) is 20.8 Å². The van der Waals surface area contributed by atoms with Gasteiger partial charge in [0.05, 0.1) is 41.5 Å². The van der Waals surface area contributed by atoms with Crippen LogP contribution in [0.1, 0.15) is 32.8 Å². The van der Waals surface area contributed by atoms with Gasteiger partial charge in [0.25, 0.3) is 0 Å². The summed E-state index contributed by atoms with van der Waals surface area (Å²) in [6.07, 6.45) is 0.777. The van der Waals surface area contributed by atoms with Crippen molar-refractivity contribution < 1.29 is 47.5 Å². The zero-order valence-electron chi connectivity index (χ0n) is 17.2. The van der Waals surface area contributed by atoms with Gasteiger partial charge in [-0.15, -0.1) is 0 Å². The molecular formula is C20H34INO4. The van der Waals surface area contributed by atoms with E-state index in [0.717, 1.165) is 36.6 Å². The Bertz CT molecular complexity index is 561. The molecule has 1 aromatic carbocycles. The Labute approximate surface area is 175 Å². The largest absolute Gasteiger partial charge is 1.00 e. The lowest BCUT2D eigenvalue weighted by atomic mass is 10.0. The van der Waals surface area contributed by atoms with Crippen molar-refractivity contribution in [1.29, 1.82) is 0 Å². The molecule has 26 heavy (non-hydrogen) atoms. The third-order valence-electron chi connectivity index (χ3n) is 4.15. The molecule has 0 N–H and O–H groups in total. The lowest BCUT2D eigenvalue weighted by Gasteiger charge is -2.32. The van der Waals surface area contributed by atoms with Crippen molar-refractivity contribution in [3.05, 3.63) is 23.8 Å². The molecule has 5 nitrogen and oxygen atoms in total. The first-order chi connectivity index (χ1) is 11.7. The molecule has 0 aliphatic carbocycles. The number of hydrogen-bond acceptors (Lipinski definition) is 4. The average Bonchev–Trinajstić information content (AvgIpc) is 2.56. The maximum absolute atomic E-state index is 11.9. The van der Waals surface area contributed by atoms with Gasteiger partial charge in [-0.3, -0.25) is 4.79 Å². The summed E-state index contributed by atoms with van der Waals surface area (Å²) >= 11 is 0. The number of ether oxygens (including phenoxy) is 3. The summed E-state index contributed by atoms with van der Waals surface area (Å²) in [5, 5.41) is 0. The molecule has 0 bridgehead atoms. The molecule has 0 aliphatic heterocycles. The Hall–Kier alpha value is -1.02. The smallest absolute Gasteiger partial charge is 0.314 e. The van der Waals surface area contributed by atoms with Gasteiger partial charge < -0.3 is 42.7 Å². The predicted molar refractivity (Wildman–Crippen MR) is 99.8 cm³/mol. The molecule has 0 aromatic heterocycles. The summed E-state index contributed by atoms with van der Waals surface area (Å²) in [7, 11) is 7.36. The van der Waals surface area contributed by atoms with Crippen molar-refractivity contribution in [2.24, 2.45) is 11.8 Å². The minimum absolute atomic E-state index is 0. The van der Waals surface area contributed by atoms with E-state index in [1.807, 2.05) is 19.1 Å². The minimum atomic E-state index is -0.135. The number of quaternary nitrogens is 1. The van der Waals surface area contributed by atoms with Gasteiger partial charge in [-0.25, -0.2) is 0 Å². The first-order valence-electron chi connectivity index (χ1n) is 8.92. The third-order valence-corrected chi connectivity index (χ3v) is 4.15. The van der Waals surface area contributed by atoms with Gasteiger partial charge in [0.15, 0.2) is 11.5 Å². The number of methoxy groups -OCH3 is 2. The Morgan fingerprint density at radius 2 is 1.81 bits per heavy atom. The number of halogens is 1. The van der Waals surface area contributed by atoms with Crippen molar-refractivity contribution >= 4 is 5.97 Å². The Balaban J connectivity index is 0.00000625. The van der Waals surface area contributed by atoms with E-state index in [2.05, 4.69) is 34.0 Å². The Kier molecular flexibility index (Phi) is 11.2. The third kappa shape index (κ3) is 8.12. The van der Waals surface area contributed by atoms with E-state index in [-0.39, 0.29) is 35.9 Å². The van der Waals surface area contributed by atoms with Crippen LogP contribution in [0.4, 0.5) is 0 Å². The number of carbonyl (C=O) groups excluding carboxylic acids is 1. The summed E-state index contributed by atoms with van der Waals surface area (Å²) < 4.78 is 16.9. The highest BCUT2D eigenvalue weighted by Gasteiger charge is 2.27. The van der Waals surface area contributed by atoms with Crippen molar-refractivity contribution in [3.63, 3.8) is 0 Å². The number of hydrogen-bond donors (Lipinski definition) is 0. The summed E-state index contributed by atoms with van der Waals surface area (Å²) in [6.45, 7) is 8.44. The summed E-state index contributed by atoms with van der Waals surface area (Å²) in [4.78, 5) is 11.9. The van der Waals surface area contributed by atoms with Gasteiger partial charge in [0, 0.05) is 5.56 Å². The zero-order valence-corrected chi connectivity index (χ0v) is 19.3. The van der Waals surface area contributed by atoms with Crippen LogP contribution >= 0.6 is 0 Å². The fourth-order valence-electron chi connectivity index (χ4n) is 2.88. The lowest BCUT2D eigenvalue weighted by molar-refractivity contribution is -0.906. The highest BCUT2D eigenvalue weighted by atomic mass is 127. The molecule has 1 rings (SSSR count). The van der Waals surface area contributed by atoms with Crippen molar-refractivity contribution in [1.82, 2.24) is 0 Å². The monoisotopic (exact) mass is 479 g/mol. The highest BCUT2D eigenvalue weighted by Crippen LogP contribution is 2.29. The second kappa shape index (κ2) is 11.6. The van der Waals surface area contributed by atoms with Crippen molar-refractivity contribution in [2.75, 3.05) is 41.5 Å². The number of rotatable bonds is 10. The van der Waals surface area contributed by atoms with Gasteiger partial charge in [-0.2, -0.15) is 0 Å². The molecule has 0 saturated heterocycles. The quantitative estimate of drug-likeness (QED) is 0.279. The summed E-state index contributed by atoms with van der Waals surface area (Å²) in [5.74, 6) is 1.75. The SMILES string of the molecule is CCC(C[N+](C)(C)Cc1ccc(OC)c(OCC(C)C)c1)C(=O)OC.[I-]. The average molecular weight is 479 g/mol.